The Balaban J connectivity index is 1.41. The lowest BCUT2D eigenvalue weighted by Crippen LogP contribution is -2.22. The van der Waals surface area contributed by atoms with Gasteiger partial charge in [0.1, 0.15) is 5.82 Å². The second-order valence-corrected chi connectivity index (χ2v) is 8.34. The van der Waals surface area contributed by atoms with Crippen molar-refractivity contribution in [1.29, 1.82) is 0 Å². The van der Waals surface area contributed by atoms with Gasteiger partial charge in [0.25, 0.3) is 0 Å². The smallest absolute Gasteiger partial charge is 0.185 e. The van der Waals surface area contributed by atoms with Crippen LogP contribution in [0.2, 0.25) is 10.0 Å². The number of fused-ring (bicyclic) bond motifs is 1. The van der Waals surface area contributed by atoms with Crippen LogP contribution in [0, 0.1) is 5.92 Å². The van der Waals surface area contributed by atoms with Gasteiger partial charge < -0.3 is 4.90 Å². The number of hydrogen-bond acceptors (Lipinski definition) is 5. The molecule has 1 unspecified atom stereocenters. The van der Waals surface area contributed by atoms with Crippen molar-refractivity contribution in [3.63, 3.8) is 0 Å². The summed E-state index contributed by atoms with van der Waals surface area (Å²) in [6, 6.07) is 9.28. The zero-order chi connectivity index (χ0) is 20.0. The Morgan fingerprint density at radius 1 is 1.10 bits per heavy atom. The van der Waals surface area contributed by atoms with Gasteiger partial charge in [0.15, 0.2) is 11.5 Å². The number of anilines is 1. The highest BCUT2D eigenvalue weighted by molar-refractivity contribution is 6.35. The average molecular weight is 428 g/mol. The van der Waals surface area contributed by atoms with E-state index in [1.165, 1.54) is 5.56 Å². The van der Waals surface area contributed by atoms with E-state index in [0.29, 0.717) is 27.4 Å². The van der Waals surface area contributed by atoms with Crippen LogP contribution in [0.5, 0.6) is 0 Å². The number of benzene rings is 1. The molecule has 0 spiro atoms. The predicted octanol–water partition coefficient (Wildman–Crippen LogP) is 3.90. The Morgan fingerprint density at radius 3 is 2.69 bits per heavy atom. The van der Waals surface area contributed by atoms with Gasteiger partial charge in [-0.1, -0.05) is 23.2 Å². The number of aryl methyl sites for hydroxylation is 1. The third-order valence-electron chi connectivity index (χ3n) is 5.26. The summed E-state index contributed by atoms with van der Waals surface area (Å²) in [5.41, 5.74) is 2.75. The van der Waals surface area contributed by atoms with E-state index in [0.717, 1.165) is 37.3 Å². The maximum atomic E-state index is 6.16. The highest BCUT2D eigenvalue weighted by atomic mass is 35.5. The van der Waals surface area contributed by atoms with Crippen molar-refractivity contribution in [2.24, 2.45) is 13.0 Å². The third kappa shape index (κ3) is 3.68. The van der Waals surface area contributed by atoms with Crippen LogP contribution in [0.15, 0.2) is 42.7 Å². The Hall–Kier alpha value is -2.64. The molecule has 0 amide bonds. The molecule has 5 rings (SSSR count). The Bertz CT molecular complexity index is 1160. The first-order valence-corrected chi connectivity index (χ1v) is 10.2. The average Bonchev–Trinajstić information content (AvgIpc) is 3.40. The first kappa shape index (κ1) is 18.4. The van der Waals surface area contributed by atoms with E-state index in [4.69, 9.17) is 28.3 Å². The van der Waals surface area contributed by atoms with Gasteiger partial charge in [0.2, 0.25) is 0 Å². The van der Waals surface area contributed by atoms with Crippen molar-refractivity contribution in [2.45, 2.75) is 12.8 Å². The van der Waals surface area contributed by atoms with Crippen LogP contribution in [0.4, 0.5) is 5.82 Å². The summed E-state index contributed by atoms with van der Waals surface area (Å²) in [5, 5.41) is 18.7. The van der Waals surface area contributed by atoms with Crippen LogP contribution in [0.25, 0.3) is 17.0 Å². The maximum Gasteiger partial charge on any atom is 0.185 e. The number of hydrogen-bond donors (Lipinski definition) is 0. The second kappa shape index (κ2) is 7.31. The van der Waals surface area contributed by atoms with Crippen molar-refractivity contribution >= 4 is 34.7 Å². The topological polar surface area (TPSA) is 64.1 Å². The molecule has 3 aromatic heterocycles. The van der Waals surface area contributed by atoms with Gasteiger partial charge in [-0.2, -0.15) is 9.61 Å². The van der Waals surface area contributed by atoms with E-state index < -0.39 is 0 Å². The Kier molecular flexibility index (Phi) is 4.64. The molecule has 1 saturated heterocycles. The van der Waals surface area contributed by atoms with E-state index in [-0.39, 0.29) is 0 Å². The molecule has 1 fully saturated rings. The molecule has 0 saturated carbocycles. The minimum absolute atomic E-state index is 0.554. The van der Waals surface area contributed by atoms with E-state index >= 15 is 0 Å². The summed E-state index contributed by atoms with van der Waals surface area (Å²) in [4.78, 5) is 2.31. The van der Waals surface area contributed by atoms with Gasteiger partial charge in [-0.25, -0.2) is 0 Å². The van der Waals surface area contributed by atoms with Crippen molar-refractivity contribution in [2.75, 3.05) is 18.0 Å². The van der Waals surface area contributed by atoms with Crippen LogP contribution >= 0.6 is 23.2 Å². The fourth-order valence-electron chi connectivity index (χ4n) is 3.93. The van der Waals surface area contributed by atoms with Crippen LogP contribution in [0.1, 0.15) is 12.0 Å². The minimum atomic E-state index is 0.554. The molecule has 9 heteroatoms. The van der Waals surface area contributed by atoms with Crippen LogP contribution in [0.3, 0.4) is 0 Å². The summed E-state index contributed by atoms with van der Waals surface area (Å²) < 4.78 is 3.61. The third-order valence-corrected chi connectivity index (χ3v) is 5.70. The summed E-state index contributed by atoms with van der Waals surface area (Å²) in [7, 11) is 1.95. The summed E-state index contributed by atoms with van der Waals surface area (Å²) in [6.45, 7) is 1.94. The molecule has 29 heavy (non-hydrogen) atoms. The molecule has 7 nitrogen and oxygen atoms in total. The molecule has 0 radical (unpaired) electrons. The molecule has 1 aliphatic rings. The Morgan fingerprint density at radius 2 is 1.93 bits per heavy atom. The molecule has 1 atom stereocenters. The summed E-state index contributed by atoms with van der Waals surface area (Å²) in [6.07, 6.45) is 6.21. The highest BCUT2D eigenvalue weighted by Crippen LogP contribution is 2.28. The van der Waals surface area contributed by atoms with Gasteiger partial charge in [0, 0.05) is 41.9 Å². The van der Waals surface area contributed by atoms with E-state index in [1.807, 2.05) is 42.2 Å². The molecule has 1 aromatic carbocycles. The molecule has 4 heterocycles. The maximum absolute atomic E-state index is 6.16. The lowest BCUT2D eigenvalue weighted by atomic mass is 10.0. The number of rotatable bonds is 4. The zero-order valence-corrected chi connectivity index (χ0v) is 17.3. The summed E-state index contributed by atoms with van der Waals surface area (Å²) in [5.74, 6) is 2.13. The Labute approximate surface area is 177 Å². The van der Waals surface area contributed by atoms with Gasteiger partial charge in [-0.3, -0.25) is 4.68 Å². The van der Waals surface area contributed by atoms with Crippen molar-refractivity contribution < 1.29 is 0 Å². The molecular weight excluding hydrogens is 409 g/mol. The van der Waals surface area contributed by atoms with Crippen molar-refractivity contribution in [1.82, 2.24) is 29.6 Å². The first-order valence-electron chi connectivity index (χ1n) is 9.46. The standard InChI is InChI=1S/C20H19Cl2N7/c1-27-11-14(10-23-27)6-13-4-5-28(12-13)19-3-2-18-24-25-20(29(18)26-19)15-7-16(21)9-17(22)8-15/h2-3,7-11,13H,4-6,12H2,1H3. The lowest BCUT2D eigenvalue weighted by molar-refractivity contribution is 0.585. The number of halogens is 2. The molecule has 148 valence electrons. The number of aromatic nitrogens is 6. The molecule has 0 N–H and O–H groups in total. The van der Waals surface area contributed by atoms with Crippen molar-refractivity contribution in [3.05, 3.63) is 58.3 Å². The fraction of sp³-hybridized carbons (Fsp3) is 0.300. The minimum Gasteiger partial charge on any atom is -0.355 e. The van der Waals surface area contributed by atoms with Crippen LogP contribution < -0.4 is 4.90 Å². The highest BCUT2D eigenvalue weighted by Gasteiger charge is 2.25. The first-order chi connectivity index (χ1) is 14.0. The van der Waals surface area contributed by atoms with E-state index in [9.17, 15) is 0 Å². The van der Waals surface area contributed by atoms with Gasteiger partial charge in [-0.05, 0) is 54.7 Å². The van der Waals surface area contributed by atoms with Crippen LogP contribution in [-0.2, 0) is 13.5 Å². The lowest BCUT2D eigenvalue weighted by Gasteiger charge is -2.17. The van der Waals surface area contributed by atoms with Crippen LogP contribution in [-0.4, -0.2) is 42.7 Å². The van der Waals surface area contributed by atoms with Crippen molar-refractivity contribution in [3.8, 4) is 11.4 Å². The largest absolute Gasteiger partial charge is 0.355 e. The molecule has 4 aromatic rings. The zero-order valence-electron chi connectivity index (χ0n) is 15.8. The predicted molar refractivity (Wildman–Crippen MR) is 113 cm³/mol. The summed E-state index contributed by atoms with van der Waals surface area (Å²) >= 11 is 12.3. The molecule has 0 bridgehead atoms. The SMILES string of the molecule is Cn1cc(CC2CCN(c3ccc4nnc(-c5cc(Cl)cc(Cl)c5)n4n3)C2)cn1. The molecule has 1 aliphatic heterocycles. The van der Waals surface area contributed by atoms with Gasteiger partial charge >= 0.3 is 0 Å². The second-order valence-electron chi connectivity index (χ2n) is 7.47. The monoisotopic (exact) mass is 427 g/mol. The quantitative estimate of drug-likeness (QED) is 0.493. The van der Waals surface area contributed by atoms with E-state index in [2.05, 4.69) is 26.4 Å². The molecular formula is C20H19Cl2N7. The normalized spacial score (nSPS) is 16.8. The van der Waals surface area contributed by atoms with Gasteiger partial charge in [0.05, 0.1) is 6.20 Å². The fourth-order valence-corrected chi connectivity index (χ4v) is 4.45. The molecule has 0 aliphatic carbocycles. The van der Waals surface area contributed by atoms with E-state index in [1.54, 1.807) is 10.6 Å². The van der Waals surface area contributed by atoms with Gasteiger partial charge in [-0.15, -0.1) is 15.3 Å². The number of nitrogens with zero attached hydrogens (tertiary/aromatic N) is 7.